The molecular weight excluding hydrogens is 346 g/mol. The summed E-state index contributed by atoms with van der Waals surface area (Å²) < 4.78 is 16.6. The summed E-state index contributed by atoms with van der Waals surface area (Å²) >= 11 is 2.26. The van der Waals surface area contributed by atoms with Gasteiger partial charge in [0.1, 0.15) is 10.8 Å². The Morgan fingerprint density at radius 1 is 1.18 bits per heavy atom. The van der Waals surface area contributed by atoms with Crippen LogP contribution in [0, 0.1) is 3.70 Å². The maximum Gasteiger partial charge on any atom is 0.138 e. The fourth-order valence-electron chi connectivity index (χ4n) is 2.79. The summed E-state index contributed by atoms with van der Waals surface area (Å²) in [7, 11) is -2.13. The Morgan fingerprint density at radius 3 is 2.24 bits per heavy atom. The second kappa shape index (κ2) is 3.60. The number of rotatable bonds is 4. The number of nitrogens with zero attached hydrogens (tertiary/aromatic N) is 2. The fourth-order valence-corrected chi connectivity index (χ4v) is 7.60. The van der Waals surface area contributed by atoms with Crippen LogP contribution in [0.1, 0.15) is 44.6 Å². The third-order valence-corrected chi connectivity index (χ3v) is 8.90. The molecule has 1 aromatic rings. The van der Waals surface area contributed by atoms with Gasteiger partial charge in [-0.25, -0.2) is 0 Å². The van der Waals surface area contributed by atoms with Crippen molar-refractivity contribution in [1.82, 2.24) is 9.78 Å². The maximum absolute atomic E-state index is 13.4. The molecule has 3 fully saturated rings. The van der Waals surface area contributed by atoms with Crippen LogP contribution in [-0.4, -0.2) is 21.1 Å². The zero-order valence-corrected chi connectivity index (χ0v) is 12.7. The van der Waals surface area contributed by atoms with Crippen molar-refractivity contribution in [1.29, 1.82) is 0 Å². The van der Waals surface area contributed by atoms with E-state index >= 15 is 0 Å². The lowest BCUT2D eigenvalue weighted by Gasteiger charge is -2.18. The van der Waals surface area contributed by atoms with Gasteiger partial charge in [0.05, 0.1) is 11.5 Å². The maximum atomic E-state index is 13.4. The third-order valence-electron chi connectivity index (χ3n) is 4.12. The highest BCUT2D eigenvalue weighted by Crippen LogP contribution is 2.69. The predicted octanol–water partition coefficient (Wildman–Crippen LogP) is 3.14. The molecule has 1 heterocycles. The summed E-state index contributed by atoms with van der Waals surface area (Å²) in [4.78, 5) is 0. The zero-order chi connectivity index (χ0) is 11.6. The molecular formula is C12H16IN2OP. The van der Waals surface area contributed by atoms with E-state index in [0.717, 1.165) is 9.14 Å². The van der Waals surface area contributed by atoms with Crippen LogP contribution in [0.15, 0.2) is 6.07 Å². The van der Waals surface area contributed by atoms with E-state index in [-0.39, 0.29) is 0 Å². The summed E-state index contributed by atoms with van der Waals surface area (Å²) in [6.07, 6.45) is 7.17. The predicted molar refractivity (Wildman–Crippen MR) is 76.5 cm³/mol. The Kier molecular flexibility index (Phi) is 2.33. The lowest BCUT2D eigenvalue weighted by molar-refractivity contribution is 0.573. The Hall–Kier alpha value is 0.170. The van der Waals surface area contributed by atoms with Gasteiger partial charge in [-0.05, 0) is 61.1 Å². The second-order valence-electron chi connectivity index (χ2n) is 5.67. The van der Waals surface area contributed by atoms with Crippen molar-refractivity contribution in [3.05, 3.63) is 9.77 Å². The van der Waals surface area contributed by atoms with Crippen molar-refractivity contribution in [3.8, 4) is 0 Å². The van der Waals surface area contributed by atoms with Crippen molar-refractivity contribution >= 4 is 35.2 Å². The molecule has 3 aliphatic rings. The van der Waals surface area contributed by atoms with Crippen molar-refractivity contribution in [2.24, 2.45) is 0 Å². The first-order chi connectivity index (χ1) is 8.19. The molecule has 0 bridgehead atoms. The SMILES string of the molecule is O=P(c1cc(I)nn1C1CC1)(C1CC1)C1CC1. The van der Waals surface area contributed by atoms with Gasteiger partial charge in [-0.2, -0.15) is 5.10 Å². The molecule has 0 unspecified atom stereocenters. The van der Waals surface area contributed by atoms with E-state index in [4.69, 9.17) is 0 Å². The molecule has 0 aromatic carbocycles. The molecule has 1 aromatic heterocycles. The summed E-state index contributed by atoms with van der Waals surface area (Å²) in [6, 6.07) is 2.66. The van der Waals surface area contributed by atoms with Gasteiger partial charge in [0.2, 0.25) is 0 Å². The Bertz CT molecular complexity index is 499. The second-order valence-corrected chi connectivity index (χ2v) is 10.1. The molecule has 5 heteroatoms. The first-order valence-electron chi connectivity index (χ1n) is 6.54. The minimum absolute atomic E-state index is 0.500. The highest BCUT2D eigenvalue weighted by atomic mass is 127. The van der Waals surface area contributed by atoms with Gasteiger partial charge < -0.3 is 4.57 Å². The summed E-state index contributed by atoms with van der Waals surface area (Å²) in [6.45, 7) is 0. The summed E-state index contributed by atoms with van der Waals surface area (Å²) in [5.74, 6) is 0. The number of hydrogen-bond acceptors (Lipinski definition) is 2. The molecule has 17 heavy (non-hydrogen) atoms. The van der Waals surface area contributed by atoms with Gasteiger partial charge in [0.25, 0.3) is 0 Å². The van der Waals surface area contributed by atoms with Crippen LogP contribution in [-0.2, 0) is 4.57 Å². The van der Waals surface area contributed by atoms with Crippen LogP contribution < -0.4 is 5.44 Å². The average Bonchev–Trinajstić information content (AvgIpc) is 3.14. The Morgan fingerprint density at radius 2 is 1.76 bits per heavy atom. The monoisotopic (exact) mass is 362 g/mol. The van der Waals surface area contributed by atoms with E-state index < -0.39 is 7.14 Å². The molecule has 3 aliphatic carbocycles. The van der Waals surface area contributed by atoms with E-state index in [1.165, 1.54) is 38.5 Å². The fraction of sp³-hybridized carbons (Fsp3) is 0.750. The molecule has 0 radical (unpaired) electrons. The Labute approximate surface area is 115 Å². The van der Waals surface area contributed by atoms with E-state index in [1.54, 1.807) is 0 Å². The van der Waals surface area contributed by atoms with Crippen molar-refractivity contribution in [2.45, 2.75) is 55.9 Å². The summed E-state index contributed by atoms with van der Waals surface area (Å²) in [5.41, 5.74) is 2.12. The largest absolute Gasteiger partial charge is 0.316 e. The third kappa shape index (κ3) is 1.74. The normalized spacial score (nSPS) is 25.2. The van der Waals surface area contributed by atoms with Gasteiger partial charge >= 0.3 is 0 Å². The van der Waals surface area contributed by atoms with Crippen molar-refractivity contribution < 1.29 is 4.57 Å². The standard InChI is InChI=1S/C12H16IN2OP/c13-11-7-12(15(14-11)8-1-2-8)17(16,9-3-4-9)10-5-6-10/h7-10H,1-6H2. The quantitative estimate of drug-likeness (QED) is 0.609. The van der Waals surface area contributed by atoms with Gasteiger partial charge in [0, 0.05) is 17.4 Å². The molecule has 3 saturated carbocycles. The molecule has 0 aliphatic heterocycles. The molecule has 3 nitrogen and oxygen atoms in total. The van der Waals surface area contributed by atoms with Gasteiger partial charge in [-0.3, -0.25) is 4.68 Å². The molecule has 0 spiro atoms. The van der Waals surface area contributed by atoms with Crippen LogP contribution in [0.25, 0.3) is 0 Å². The topological polar surface area (TPSA) is 34.9 Å². The number of hydrogen-bond donors (Lipinski definition) is 0. The van der Waals surface area contributed by atoms with Gasteiger partial charge in [-0.1, -0.05) is 0 Å². The van der Waals surface area contributed by atoms with E-state index in [0.29, 0.717) is 17.4 Å². The lowest BCUT2D eigenvalue weighted by atomic mass is 10.7. The lowest BCUT2D eigenvalue weighted by Crippen LogP contribution is -2.22. The number of halogens is 1. The van der Waals surface area contributed by atoms with Crippen LogP contribution in [0.5, 0.6) is 0 Å². The molecule has 0 N–H and O–H groups in total. The van der Waals surface area contributed by atoms with E-state index in [9.17, 15) is 4.57 Å². The molecule has 4 rings (SSSR count). The molecule has 0 saturated heterocycles. The first kappa shape index (κ1) is 11.0. The number of aromatic nitrogens is 2. The summed E-state index contributed by atoms with van der Waals surface area (Å²) in [5, 5.41) is 4.59. The molecule has 92 valence electrons. The van der Waals surface area contributed by atoms with E-state index in [2.05, 4.69) is 38.4 Å². The minimum atomic E-state index is -2.13. The van der Waals surface area contributed by atoms with Crippen LogP contribution in [0.4, 0.5) is 0 Å². The molecule has 0 atom stereocenters. The van der Waals surface area contributed by atoms with Crippen LogP contribution in [0.3, 0.4) is 0 Å². The minimum Gasteiger partial charge on any atom is -0.316 e. The smallest absolute Gasteiger partial charge is 0.138 e. The Balaban J connectivity index is 1.83. The van der Waals surface area contributed by atoms with Crippen LogP contribution >= 0.6 is 29.7 Å². The van der Waals surface area contributed by atoms with Gasteiger partial charge in [-0.15, -0.1) is 0 Å². The first-order valence-corrected chi connectivity index (χ1v) is 9.47. The van der Waals surface area contributed by atoms with Gasteiger partial charge in [0.15, 0.2) is 0 Å². The highest BCUT2D eigenvalue weighted by Gasteiger charge is 2.54. The van der Waals surface area contributed by atoms with Crippen molar-refractivity contribution in [3.63, 3.8) is 0 Å². The van der Waals surface area contributed by atoms with Crippen LogP contribution in [0.2, 0.25) is 0 Å². The molecule has 0 amide bonds. The van der Waals surface area contributed by atoms with Crippen molar-refractivity contribution in [2.75, 3.05) is 0 Å². The average molecular weight is 362 g/mol. The zero-order valence-electron chi connectivity index (χ0n) is 9.68. The highest BCUT2D eigenvalue weighted by molar-refractivity contribution is 14.1. The van der Waals surface area contributed by atoms with E-state index in [1.807, 2.05) is 0 Å².